The second kappa shape index (κ2) is 5.68. The van der Waals surface area contributed by atoms with Crippen LogP contribution >= 0.6 is 0 Å². The van der Waals surface area contributed by atoms with Crippen LogP contribution in [0.15, 0.2) is 0 Å². The first-order valence-electron chi connectivity index (χ1n) is 6.81. The first-order valence-corrected chi connectivity index (χ1v) is 6.81. The van der Waals surface area contributed by atoms with Crippen molar-refractivity contribution >= 4 is 0 Å². The molecule has 1 fully saturated rings. The summed E-state index contributed by atoms with van der Waals surface area (Å²) in [5.74, 6) is 0.753. The topological polar surface area (TPSA) is 35.5 Å². The molecule has 1 unspecified atom stereocenters. The van der Waals surface area contributed by atoms with Crippen LogP contribution in [0.5, 0.6) is 0 Å². The summed E-state index contributed by atoms with van der Waals surface area (Å²) >= 11 is 0. The number of nitrogens with one attached hydrogen (secondary N) is 1. The minimum atomic E-state index is -0.169. The summed E-state index contributed by atoms with van der Waals surface area (Å²) < 4.78 is 0. The van der Waals surface area contributed by atoms with E-state index in [1.807, 2.05) is 0 Å². The van der Waals surface area contributed by atoms with Crippen LogP contribution in [0.1, 0.15) is 40.5 Å². The molecule has 0 aromatic rings. The Balaban J connectivity index is 2.49. The maximum atomic E-state index is 9.27. The summed E-state index contributed by atoms with van der Waals surface area (Å²) in [4.78, 5) is 2.44. The lowest BCUT2D eigenvalue weighted by Crippen LogP contribution is -2.50. The molecule has 0 aromatic heterocycles. The lowest BCUT2D eigenvalue weighted by atomic mass is 9.74. The van der Waals surface area contributed by atoms with Gasteiger partial charge in [0, 0.05) is 18.6 Å². The molecule has 1 heterocycles. The number of aliphatic hydroxyl groups is 1. The number of rotatable bonds is 5. The molecule has 1 atom stereocenters. The predicted octanol–water partition coefficient (Wildman–Crippen LogP) is 1.71. The molecule has 0 spiro atoms. The normalized spacial score (nSPS) is 24.0. The third-order valence-corrected chi connectivity index (χ3v) is 4.15. The molecule has 2 N–H and O–H groups in total. The Morgan fingerprint density at radius 1 is 1.29 bits per heavy atom. The fraction of sp³-hybridized carbons (Fsp3) is 1.00. The van der Waals surface area contributed by atoms with Crippen molar-refractivity contribution in [2.75, 3.05) is 33.3 Å². The minimum Gasteiger partial charge on any atom is -0.394 e. The van der Waals surface area contributed by atoms with Gasteiger partial charge >= 0.3 is 0 Å². The van der Waals surface area contributed by atoms with E-state index in [1.165, 1.54) is 25.9 Å². The van der Waals surface area contributed by atoms with E-state index in [4.69, 9.17) is 0 Å². The van der Waals surface area contributed by atoms with Crippen LogP contribution in [0.25, 0.3) is 0 Å². The first-order chi connectivity index (χ1) is 7.77. The van der Waals surface area contributed by atoms with Crippen LogP contribution < -0.4 is 5.32 Å². The van der Waals surface area contributed by atoms with E-state index in [0.29, 0.717) is 5.41 Å². The van der Waals surface area contributed by atoms with Crippen molar-refractivity contribution in [3.05, 3.63) is 0 Å². The molecule has 0 amide bonds. The molecule has 3 nitrogen and oxygen atoms in total. The second-order valence-electron chi connectivity index (χ2n) is 6.99. The Kier molecular flexibility index (Phi) is 4.99. The highest BCUT2D eigenvalue weighted by atomic mass is 16.3. The van der Waals surface area contributed by atoms with Crippen LogP contribution in [-0.2, 0) is 0 Å². The summed E-state index contributed by atoms with van der Waals surface area (Å²) in [5.41, 5.74) is 0.124. The molecule has 0 radical (unpaired) electrons. The van der Waals surface area contributed by atoms with Gasteiger partial charge in [0.15, 0.2) is 0 Å². The van der Waals surface area contributed by atoms with Crippen LogP contribution in [-0.4, -0.2) is 48.8 Å². The van der Waals surface area contributed by atoms with Crippen molar-refractivity contribution in [2.45, 2.75) is 46.1 Å². The van der Waals surface area contributed by atoms with Crippen LogP contribution in [0.2, 0.25) is 0 Å². The van der Waals surface area contributed by atoms with E-state index < -0.39 is 0 Å². The third-order valence-electron chi connectivity index (χ3n) is 4.15. The highest BCUT2D eigenvalue weighted by molar-refractivity contribution is 4.88. The zero-order chi connectivity index (χ0) is 13.1. The standard InChI is InChI=1S/C14H30N2O/c1-13(2,10-15-14(3,4)11-17)12-7-6-8-16(5)9-12/h12,15,17H,6-11H2,1-5H3. The van der Waals surface area contributed by atoms with Gasteiger partial charge in [0.2, 0.25) is 0 Å². The van der Waals surface area contributed by atoms with Gasteiger partial charge in [0.25, 0.3) is 0 Å². The van der Waals surface area contributed by atoms with Crippen molar-refractivity contribution in [3.63, 3.8) is 0 Å². The van der Waals surface area contributed by atoms with Gasteiger partial charge in [-0.15, -0.1) is 0 Å². The van der Waals surface area contributed by atoms with Crippen molar-refractivity contribution < 1.29 is 5.11 Å². The molecule has 1 aliphatic heterocycles. The first kappa shape index (κ1) is 14.9. The van der Waals surface area contributed by atoms with Crippen LogP contribution in [0.4, 0.5) is 0 Å². The van der Waals surface area contributed by atoms with Crippen molar-refractivity contribution in [1.82, 2.24) is 10.2 Å². The van der Waals surface area contributed by atoms with Gasteiger partial charge in [-0.1, -0.05) is 13.8 Å². The van der Waals surface area contributed by atoms with Crippen LogP contribution in [0.3, 0.4) is 0 Å². The average molecular weight is 242 g/mol. The number of likely N-dealkylation sites (tertiary alicyclic amines) is 1. The Morgan fingerprint density at radius 3 is 2.47 bits per heavy atom. The van der Waals surface area contributed by atoms with Gasteiger partial charge in [0.1, 0.15) is 0 Å². The largest absolute Gasteiger partial charge is 0.394 e. The van der Waals surface area contributed by atoms with Gasteiger partial charge < -0.3 is 15.3 Å². The molecule has 1 rings (SSSR count). The van der Waals surface area contributed by atoms with Gasteiger partial charge in [0.05, 0.1) is 6.61 Å². The summed E-state index contributed by atoms with van der Waals surface area (Å²) in [5, 5.41) is 12.8. The molecular formula is C14H30N2O. The lowest BCUT2D eigenvalue weighted by molar-refractivity contribution is 0.0880. The number of nitrogens with zero attached hydrogens (tertiary/aromatic N) is 1. The maximum absolute atomic E-state index is 9.27. The molecule has 0 aliphatic carbocycles. The number of hydrogen-bond acceptors (Lipinski definition) is 3. The Bertz CT molecular complexity index is 238. The Morgan fingerprint density at radius 2 is 1.94 bits per heavy atom. The van der Waals surface area contributed by atoms with Gasteiger partial charge in [-0.05, 0) is 51.6 Å². The number of aliphatic hydroxyl groups excluding tert-OH is 1. The molecule has 3 heteroatoms. The molecule has 1 aliphatic rings. The molecule has 0 aromatic carbocycles. The summed E-state index contributed by atoms with van der Waals surface area (Å²) in [6.07, 6.45) is 2.65. The van der Waals surface area contributed by atoms with Gasteiger partial charge in [-0.2, -0.15) is 0 Å². The Labute approximate surface area is 107 Å². The number of piperidine rings is 1. The van der Waals surface area contributed by atoms with E-state index in [0.717, 1.165) is 12.5 Å². The molecule has 102 valence electrons. The monoisotopic (exact) mass is 242 g/mol. The van der Waals surface area contributed by atoms with E-state index in [1.54, 1.807) is 0 Å². The SMILES string of the molecule is CN1CCCC(C(C)(C)CNC(C)(C)CO)C1. The second-order valence-corrected chi connectivity index (χ2v) is 6.99. The minimum absolute atomic E-state index is 0.169. The fourth-order valence-electron chi connectivity index (χ4n) is 2.47. The smallest absolute Gasteiger partial charge is 0.0607 e. The molecule has 0 saturated carbocycles. The highest BCUT2D eigenvalue weighted by Gasteiger charge is 2.33. The van der Waals surface area contributed by atoms with Gasteiger partial charge in [-0.3, -0.25) is 0 Å². The quantitative estimate of drug-likeness (QED) is 0.770. The van der Waals surface area contributed by atoms with E-state index in [-0.39, 0.29) is 12.1 Å². The molecule has 0 bridgehead atoms. The van der Waals surface area contributed by atoms with E-state index in [9.17, 15) is 5.11 Å². The molecular weight excluding hydrogens is 212 g/mol. The molecule has 1 saturated heterocycles. The van der Waals surface area contributed by atoms with Crippen molar-refractivity contribution in [1.29, 1.82) is 0 Å². The summed E-state index contributed by atoms with van der Waals surface area (Å²) in [6, 6.07) is 0. The third kappa shape index (κ3) is 4.57. The van der Waals surface area contributed by atoms with Crippen molar-refractivity contribution in [3.8, 4) is 0 Å². The van der Waals surface area contributed by atoms with Gasteiger partial charge in [-0.25, -0.2) is 0 Å². The Hall–Kier alpha value is -0.120. The predicted molar refractivity (Wildman–Crippen MR) is 73.2 cm³/mol. The number of hydrogen-bond donors (Lipinski definition) is 2. The zero-order valence-electron chi connectivity index (χ0n) is 12.2. The molecule has 17 heavy (non-hydrogen) atoms. The van der Waals surface area contributed by atoms with E-state index >= 15 is 0 Å². The van der Waals surface area contributed by atoms with Crippen LogP contribution in [0, 0.1) is 11.3 Å². The fourth-order valence-corrected chi connectivity index (χ4v) is 2.47. The average Bonchev–Trinajstić information content (AvgIpc) is 2.27. The van der Waals surface area contributed by atoms with E-state index in [2.05, 4.69) is 45.0 Å². The summed E-state index contributed by atoms with van der Waals surface area (Å²) in [7, 11) is 2.22. The van der Waals surface area contributed by atoms with Crippen molar-refractivity contribution in [2.24, 2.45) is 11.3 Å². The highest BCUT2D eigenvalue weighted by Crippen LogP contribution is 2.33. The zero-order valence-corrected chi connectivity index (χ0v) is 12.2. The maximum Gasteiger partial charge on any atom is 0.0607 e. The summed E-state index contributed by atoms with van der Waals surface area (Å²) in [6.45, 7) is 12.4. The lowest BCUT2D eigenvalue weighted by Gasteiger charge is -2.42.